The quantitative estimate of drug-likeness (QED) is 0.587. The Morgan fingerprint density at radius 3 is 2.36 bits per heavy atom. The van der Waals surface area contributed by atoms with E-state index in [-0.39, 0.29) is 6.04 Å². The zero-order valence-corrected chi connectivity index (χ0v) is 7.24. The molecule has 0 rings (SSSR count). The lowest BCUT2D eigenvalue weighted by Crippen LogP contribution is -2.41. The van der Waals surface area contributed by atoms with Crippen molar-refractivity contribution in [1.82, 2.24) is 4.90 Å². The van der Waals surface area contributed by atoms with E-state index >= 15 is 0 Å². The molecule has 1 unspecified atom stereocenters. The van der Waals surface area contributed by atoms with Crippen LogP contribution in [0.15, 0.2) is 0 Å². The average molecular weight is 160 g/mol. The molecule has 0 saturated heterocycles. The Balaban J connectivity index is 3.82. The monoisotopic (exact) mass is 160 g/mol. The van der Waals surface area contributed by atoms with Crippen LogP contribution in [0.2, 0.25) is 0 Å². The second kappa shape index (κ2) is 4.31. The fourth-order valence-corrected chi connectivity index (χ4v) is 0.763. The van der Waals surface area contributed by atoms with Crippen molar-refractivity contribution >= 4 is 5.97 Å². The predicted octanol–water partition coefficient (Wildman–Crippen LogP) is -0.404. The third kappa shape index (κ3) is 3.95. The molecule has 4 heteroatoms. The lowest BCUT2D eigenvalue weighted by Gasteiger charge is -2.19. The summed E-state index contributed by atoms with van der Waals surface area (Å²) in [6, 6.07) is -0.289. The number of carboxylic acids is 1. The average Bonchev–Trinajstić information content (AvgIpc) is 1.84. The molecule has 0 saturated carbocycles. The molecule has 4 nitrogen and oxygen atoms in total. The second-order valence-electron chi connectivity index (χ2n) is 3.05. The third-order valence-corrected chi connectivity index (χ3v) is 1.61. The van der Waals surface area contributed by atoms with Crippen molar-refractivity contribution in [2.45, 2.75) is 13.0 Å². The van der Waals surface area contributed by atoms with Crippen LogP contribution in [-0.4, -0.2) is 42.7 Å². The predicted molar refractivity (Wildman–Crippen MR) is 43.3 cm³/mol. The number of likely N-dealkylation sites (N-methyl/N-ethyl adjacent to an activating group) is 1. The summed E-state index contributed by atoms with van der Waals surface area (Å²) in [6.45, 7) is 2.23. The Bertz CT molecular complexity index is 136. The van der Waals surface area contributed by atoms with Crippen LogP contribution in [0, 0.1) is 5.92 Å². The summed E-state index contributed by atoms with van der Waals surface area (Å²) in [5, 5.41) is 8.57. The van der Waals surface area contributed by atoms with Crippen LogP contribution in [0.4, 0.5) is 0 Å². The van der Waals surface area contributed by atoms with Gasteiger partial charge in [0.2, 0.25) is 0 Å². The highest BCUT2D eigenvalue weighted by Gasteiger charge is 2.19. The van der Waals surface area contributed by atoms with Crippen LogP contribution in [0.5, 0.6) is 0 Å². The molecule has 2 atom stereocenters. The summed E-state index contributed by atoms with van der Waals surface area (Å²) in [5.41, 5.74) is 5.60. The zero-order chi connectivity index (χ0) is 9.02. The molecule has 0 aliphatic carbocycles. The van der Waals surface area contributed by atoms with Gasteiger partial charge in [0.1, 0.15) is 0 Å². The Kier molecular flexibility index (Phi) is 4.07. The normalized spacial score (nSPS) is 16.5. The van der Waals surface area contributed by atoms with E-state index in [1.807, 2.05) is 19.0 Å². The SMILES string of the molecule is CC(C(=O)O)[C@@H](N)CN(C)C. The molecule has 0 heterocycles. The number of carboxylic acid groups (broad SMARTS) is 1. The number of nitrogens with zero attached hydrogens (tertiary/aromatic N) is 1. The molecule has 0 aromatic heterocycles. The van der Waals surface area contributed by atoms with Gasteiger partial charge in [0, 0.05) is 12.6 Å². The first kappa shape index (κ1) is 10.4. The van der Waals surface area contributed by atoms with Gasteiger partial charge in [0.05, 0.1) is 5.92 Å². The number of carbonyl (C=O) groups is 1. The van der Waals surface area contributed by atoms with E-state index in [9.17, 15) is 4.79 Å². The van der Waals surface area contributed by atoms with Crippen molar-refractivity contribution in [1.29, 1.82) is 0 Å². The van der Waals surface area contributed by atoms with E-state index in [0.29, 0.717) is 6.54 Å². The van der Waals surface area contributed by atoms with E-state index in [4.69, 9.17) is 10.8 Å². The Hall–Kier alpha value is -0.610. The minimum absolute atomic E-state index is 0.289. The minimum Gasteiger partial charge on any atom is -0.481 e. The van der Waals surface area contributed by atoms with Gasteiger partial charge in [-0.05, 0) is 14.1 Å². The van der Waals surface area contributed by atoms with Crippen molar-refractivity contribution in [3.05, 3.63) is 0 Å². The molecule has 66 valence electrons. The smallest absolute Gasteiger partial charge is 0.307 e. The molecule has 0 spiro atoms. The number of hydrogen-bond acceptors (Lipinski definition) is 3. The summed E-state index contributed by atoms with van der Waals surface area (Å²) >= 11 is 0. The fourth-order valence-electron chi connectivity index (χ4n) is 0.763. The number of aliphatic carboxylic acids is 1. The Morgan fingerprint density at radius 2 is 2.09 bits per heavy atom. The van der Waals surface area contributed by atoms with Gasteiger partial charge in [-0.15, -0.1) is 0 Å². The van der Waals surface area contributed by atoms with Crippen molar-refractivity contribution in [2.24, 2.45) is 11.7 Å². The standard InChI is InChI=1S/C7H16N2O2/c1-5(7(10)11)6(8)4-9(2)3/h5-6H,4,8H2,1-3H3,(H,10,11)/t5?,6-/m0/s1. The molecule has 0 radical (unpaired) electrons. The Morgan fingerprint density at radius 1 is 1.64 bits per heavy atom. The summed E-state index contributed by atoms with van der Waals surface area (Å²) in [5.74, 6) is -1.31. The number of nitrogens with two attached hydrogens (primary N) is 1. The van der Waals surface area contributed by atoms with Gasteiger partial charge >= 0.3 is 5.97 Å². The first-order valence-corrected chi connectivity index (χ1v) is 3.58. The second-order valence-corrected chi connectivity index (χ2v) is 3.05. The number of rotatable bonds is 4. The van der Waals surface area contributed by atoms with E-state index < -0.39 is 11.9 Å². The molecule has 0 aromatic rings. The van der Waals surface area contributed by atoms with Gasteiger partial charge in [-0.3, -0.25) is 4.79 Å². The molecule has 0 fully saturated rings. The lowest BCUT2D eigenvalue weighted by molar-refractivity contribution is -0.141. The summed E-state index contributed by atoms with van der Waals surface area (Å²) in [7, 11) is 3.74. The highest BCUT2D eigenvalue weighted by molar-refractivity contribution is 5.70. The minimum atomic E-state index is -0.834. The van der Waals surface area contributed by atoms with E-state index in [0.717, 1.165) is 0 Å². The first-order valence-electron chi connectivity index (χ1n) is 3.58. The van der Waals surface area contributed by atoms with Crippen molar-refractivity contribution in [3.63, 3.8) is 0 Å². The summed E-state index contributed by atoms with van der Waals surface area (Å²) in [4.78, 5) is 12.3. The van der Waals surface area contributed by atoms with Crippen molar-refractivity contribution in [3.8, 4) is 0 Å². The Labute approximate surface area is 67.0 Å². The first-order chi connectivity index (χ1) is 4.95. The van der Waals surface area contributed by atoms with Crippen LogP contribution in [-0.2, 0) is 4.79 Å². The van der Waals surface area contributed by atoms with Gasteiger partial charge in [-0.25, -0.2) is 0 Å². The highest BCUT2D eigenvalue weighted by atomic mass is 16.4. The van der Waals surface area contributed by atoms with Gasteiger partial charge in [0.25, 0.3) is 0 Å². The van der Waals surface area contributed by atoms with Crippen LogP contribution in [0.1, 0.15) is 6.92 Å². The van der Waals surface area contributed by atoms with Crippen LogP contribution in [0.3, 0.4) is 0 Å². The molecular formula is C7H16N2O2. The third-order valence-electron chi connectivity index (χ3n) is 1.61. The maximum absolute atomic E-state index is 10.4. The maximum Gasteiger partial charge on any atom is 0.307 e. The summed E-state index contributed by atoms with van der Waals surface area (Å²) < 4.78 is 0. The van der Waals surface area contributed by atoms with Gasteiger partial charge in [-0.2, -0.15) is 0 Å². The van der Waals surface area contributed by atoms with Gasteiger partial charge in [0.15, 0.2) is 0 Å². The molecule has 0 amide bonds. The molecule has 0 aliphatic heterocycles. The van der Waals surface area contributed by atoms with Crippen molar-refractivity contribution in [2.75, 3.05) is 20.6 Å². The van der Waals surface area contributed by atoms with E-state index in [1.165, 1.54) is 0 Å². The molecule has 11 heavy (non-hydrogen) atoms. The summed E-state index contributed by atoms with van der Waals surface area (Å²) in [6.07, 6.45) is 0. The van der Waals surface area contributed by atoms with Gasteiger partial charge in [-0.1, -0.05) is 6.92 Å². The topological polar surface area (TPSA) is 66.6 Å². The van der Waals surface area contributed by atoms with E-state index in [2.05, 4.69) is 0 Å². The highest BCUT2D eigenvalue weighted by Crippen LogP contribution is 2.00. The molecule has 3 N–H and O–H groups in total. The zero-order valence-electron chi connectivity index (χ0n) is 7.24. The number of hydrogen-bond donors (Lipinski definition) is 2. The van der Waals surface area contributed by atoms with E-state index in [1.54, 1.807) is 6.92 Å². The molecule has 0 bridgehead atoms. The van der Waals surface area contributed by atoms with Crippen molar-refractivity contribution < 1.29 is 9.90 Å². The van der Waals surface area contributed by atoms with Gasteiger partial charge < -0.3 is 15.7 Å². The maximum atomic E-state index is 10.4. The lowest BCUT2D eigenvalue weighted by atomic mass is 10.0. The molecular weight excluding hydrogens is 144 g/mol. The fraction of sp³-hybridized carbons (Fsp3) is 0.857. The molecule has 0 aliphatic rings. The van der Waals surface area contributed by atoms with Crippen LogP contribution < -0.4 is 5.73 Å². The largest absolute Gasteiger partial charge is 0.481 e. The van der Waals surface area contributed by atoms with Crippen LogP contribution in [0.25, 0.3) is 0 Å². The van der Waals surface area contributed by atoms with Crippen LogP contribution >= 0.6 is 0 Å². The molecule has 0 aromatic carbocycles.